The van der Waals surface area contributed by atoms with Crippen molar-refractivity contribution in [1.29, 1.82) is 0 Å². The topological polar surface area (TPSA) is 30.5 Å². The molecule has 0 radical (unpaired) electrons. The number of anilines is 1. The molecule has 1 aliphatic carbocycles. The average molecular weight is 412 g/mol. The zero-order valence-corrected chi connectivity index (χ0v) is 18.0. The van der Waals surface area contributed by atoms with Crippen LogP contribution in [0.25, 0.3) is 0 Å². The Morgan fingerprint density at radius 2 is 1.74 bits per heavy atom. The zero-order chi connectivity index (χ0) is 21.0. The molecule has 1 heterocycles. The van der Waals surface area contributed by atoms with Gasteiger partial charge in [-0.25, -0.2) is 0 Å². The van der Waals surface area contributed by atoms with Crippen LogP contribution in [-0.2, 0) is 6.61 Å². The third-order valence-electron chi connectivity index (χ3n) is 6.30. The van der Waals surface area contributed by atoms with E-state index < -0.39 is 0 Å². The van der Waals surface area contributed by atoms with Crippen LogP contribution in [0.15, 0.2) is 84.9 Å². The minimum atomic E-state index is 0.210. The standard InChI is InChI=1S/C28H29NO2/c1-2-17-30-21-15-16-26-25(18-21)22-12-8-13-23(22)28(29-26)24-11-6-7-14-27(24)31-19-20-9-4-3-5-10-20/h3-12,14-16,18,22-23,28-29H,2,13,17,19H2,1H3. The Morgan fingerprint density at radius 1 is 0.903 bits per heavy atom. The lowest BCUT2D eigenvalue weighted by Crippen LogP contribution is -2.29. The van der Waals surface area contributed by atoms with Crippen molar-refractivity contribution in [2.45, 2.75) is 38.3 Å². The van der Waals surface area contributed by atoms with E-state index in [0.717, 1.165) is 30.9 Å². The molecule has 0 spiro atoms. The fourth-order valence-electron chi connectivity index (χ4n) is 4.79. The minimum Gasteiger partial charge on any atom is -0.494 e. The number of fused-ring (bicyclic) bond motifs is 3. The molecule has 158 valence electrons. The molecule has 0 saturated heterocycles. The van der Waals surface area contributed by atoms with Gasteiger partial charge in [0.25, 0.3) is 0 Å². The number of hydrogen-bond donors (Lipinski definition) is 1. The highest BCUT2D eigenvalue weighted by Crippen LogP contribution is 2.51. The largest absolute Gasteiger partial charge is 0.494 e. The molecular weight excluding hydrogens is 382 g/mol. The fraction of sp³-hybridized carbons (Fsp3) is 0.286. The smallest absolute Gasteiger partial charge is 0.125 e. The number of para-hydroxylation sites is 1. The van der Waals surface area contributed by atoms with E-state index in [2.05, 4.69) is 91.1 Å². The van der Waals surface area contributed by atoms with Crippen LogP contribution in [0.5, 0.6) is 11.5 Å². The van der Waals surface area contributed by atoms with Crippen molar-refractivity contribution >= 4 is 5.69 Å². The van der Waals surface area contributed by atoms with Gasteiger partial charge in [-0.1, -0.05) is 67.6 Å². The van der Waals surface area contributed by atoms with E-state index in [9.17, 15) is 0 Å². The molecule has 3 heteroatoms. The van der Waals surface area contributed by atoms with E-state index >= 15 is 0 Å². The molecule has 0 fully saturated rings. The van der Waals surface area contributed by atoms with Gasteiger partial charge < -0.3 is 14.8 Å². The van der Waals surface area contributed by atoms with Gasteiger partial charge in [0.15, 0.2) is 0 Å². The number of ether oxygens (including phenoxy) is 2. The van der Waals surface area contributed by atoms with Crippen molar-refractivity contribution in [2.24, 2.45) is 5.92 Å². The minimum absolute atomic E-state index is 0.210. The first-order valence-corrected chi connectivity index (χ1v) is 11.3. The molecule has 0 saturated carbocycles. The average Bonchev–Trinajstić information content (AvgIpc) is 3.32. The summed E-state index contributed by atoms with van der Waals surface area (Å²) in [6.45, 7) is 3.47. The van der Waals surface area contributed by atoms with Gasteiger partial charge in [0, 0.05) is 17.2 Å². The van der Waals surface area contributed by atoms with Crippen molar-refractivity contribution in [3.63, 3.8) is 0 Å². The molecule has 2 aliphatic rings. The molecule has 3 aromatic carbocycles. The number of nitrogens with one attached hydrogen (secondary N) is 1. The van der Waals surface area contributed by atoms with Crippen molar-refractivity contribution in [3.8, 4) is 11.5 Å². The van der Waals surface area contributed by atoms with Crippen molar-refractivity contribution in [2.75, 3.05) is 11.9 Å². The van der Waals surface area contributed by atoms with Gasteiger partial charge in [-0.05, 0) is 54.2 Å². The van der Waals surface area contributed by atoms with Gasteiger partial charge in [-0.2, -0.15) is 0 Å². The zero-order valence-electron chi connectivity index (χ0n) is 18.0. The highest BCUT2D eigenvalue weighted by Gasteiger charge is 2.39. The van der Waals surface area contributed by atoms with Gasteiger partial charge >= 0.3 is 0 Å². The maximum absolute atomic E-state index is 6.30. The quantitative estimate of drug-likeness (QED) is 0.430. The normalized spacial score (nSPS) is 21.1. The van der Waals surface area contributed by atoms with E-state index in [1.807, 2.05) is 6.07 Å². The lowest BCUT2D eigenvalue weighted by atomic mass is 9.77. The third-order valence-corrected chi connectivity index (χ3v) is 6.30. The van der Waals surface area contributed by atoms with Gasteiger partial charge in [0.2, 0.25) is 0 Å². The van der Waals surface area contributed by atoms with E-state index in [1.54, 1.807) is 0 Å². The Kier molecular flexibility index (Phi) is 5.66. The van der Waals surface area contributed by atoms with Crippen LogP contribution < -0.4 is 14.8 Å². The van der Waals surface area contributed by atoms with E-state index in [1.165, 1.54) is 22.4 Å². The van der Waals surface area contributed by atoms with E-state index in [-0.39, 0.29) is 6.04 Å². The van der Waals surface area contributed by atoms with Crippen LogP contribution >= 0.6 is 0 Å². The Labute approximate surface area is 184 Å². The van der Waals surface area contributed by atoms with Crippen molar-refractivity contribution in [1.82, 2.24) is 0 Å². The monoisotopic (exact) mass is 411 g/mol. The highest BCUT2D eigenvalue weighted by molar-refractivity contribution is 5.62. The van der Waals surface area contributed by atoms with Gasteiger partial charge in [0.05, 0.1) is 12.6 Å². The number of hydrogen-bond acceptors (Lipinski definition) is 3. The van der Waals surface area contributed by atoms with Gasteiger partial charge in [-0.15, -0.1) is 0 Å². The Hall–Kier alpha value is -3.20. The first-order chi connectivity index (χ1) is 15.3. The maximum atomic E-state index is 6.30. The lowest BCUT2D eigenvalue weighted by molar-refractivity contribution is 0.296. The molecule has 31 heavy (non-hydrogen) atoms. The first-order valence-electron chi connectivity index (χ1n) is 11.3. The molecule has 1 aliphatic heterocycles. The molecule has 1 N–H and O–H groups in total. The summed E-state index contributed by atoms with van der Waals surface area (Å²) >= 11 is 0. The molecular formula is C28H29NO2. The summed E-state index contributed by atoms with van der Waals surface area (Å²) in [7, 11) is 0. The van der Waals surface area contributed by atoms with Crippen molar-refractivity contribution in [3.05, 3.63) is 102 Å². The second-order valence-electron chi connectivity index (χ2n) is 8.39. The summed E-state index contributed by atoms with van der Waals surface area (Å²) < 4.78 is 12.2. The molecule has 3 aromatic rings. The Bertz CT molecular complexity index is 1060. The maximum Gasteiger partial charge on any atom is 0.125 e. The molecule has 0 aromatic heterocycles. The Balaban J connectivity index is 1.43. The fourth-order valence-corrected chi connectivity index (χ4v) is 4.79. The second kappa shape index (κ2) is 8.89. The summed E-state index contributed by atoms with van der Waals surface area (Å²) in [5, 5.41) is 3.83. The van der Waals surface area contributed by atoms with Crippen LogP contribution in [0.2, 0.25) is 0 Å². The molecule has 0 bridgehead atoms. The molecule has 0 amide bonds. The van der Waals surface area contributed by atoms with Crippen LogP contribution in [0.1, 0.15) is 48.4 Å². The second-order valence-corrected chi connectivity index (χ2v) is 8.39. The predicted molar refractivity (Wildman–Crippen MR) is 126 cm³/mol. The predicted octanol–water partition coefficient (Wildman–Crippen LogP) is 6.88. The van der Waals surface area contributed by atoms with Gasteiger partial charge in [0.1, 0.15) is 18.1 Å². The molecule has 3 unspecified atom stereocenters. The van der Waals surface area contributed by atoms with Crippen LogP contribution in [0.3, 0.4) is 0 Å². The SMILES string of the molecule is CCCOc1ccc2c(c1)C1C=CCC1C(c1ccccc1OCc1ccccc1)N2. The summed E-state index contributed by atoms with van der Waals surface area (Å²) in [5.74, 6) is 2.79. The number of benzene rings is 3. The van der Waals surface area contributed by atoms with Crippen LogP contribution in [0.4, 0.5) is 5.69 Å². The Morgan fingerprint density at radius 3 is 2.61 bits per heavy atom. The first kappa shape index (κ1) is 19.7. The molecule has 3 nitrogen and oxygen atoms in total. The summed E-state index contributed by atoms with van der Waals surface area (Å²) in [6.07, 6.45) is 6.78. The third kappa shape index (κ3) is 4.05. The summed E-state index contributed by atoms with van der Waals surface area (Å²) in [4.78, 5) is 0. The summed E-state index contributed by atoms with van der Waals surface area (Å²) in [6, 6.07) is 25.5. The van der Waals surface area contributed by atoms with E-state index in [4.69, 9.17) is 9.47 Å². The van der Waals surface area contributed by atoms with Crippen LogP contribution in [-0.4, -0.2) is 6.61 Å². The van der Waals surface area contributed by atoms with Crippen LogP contribution in [0, 0.1) is 5.92 Å². The highest BCUT2D eigenvalue weighted by atomic mass is 16.5. The molecule has 3 atom stereocenters. The van der Waals surface area contributed by atoms with Gasteiger partial charge in [-0.3, -0.25) is 0 Å². The number of allylic oxidation sites excluding steroid dienone is 2. The molecule has 5 rings (SSSR count). The number of rotatable bonds is 7. The lowest BCUT2D eigenvalue weighted by Gasteiger charge is -2.38. The van der Waals surface area contributed by atoms with Crippen molar-refractivity contribution < 1.29 is 9.47 Å². The summed E-state index contributed by atoms with van der Waals surface area (Å²) in [5.41, 5.74) is 4.94. The van der Waals surface area contributed by atoms with E-state index in [0.29, 0.717) is 18.4 Å².